The van der Waals surface area contributed by atoms with Crippen LogP contribution in [0.25, 0.3) is 11.5 Å². The van der Waals surface area contributed by atoms with E-state index in [0.29, 0.717) is 30.2 Å². The van der Waals surface area contributed by atoms with Gasteiger partial charge in [0.25, 0.3) is 5.91 Å². The number of furan rings is 1. The molecular formula is C14H14N6O2. The molecule has 4 heterocycles. The van der Waals surface area contributed by atoms with E-state index in [2.05, 4.69) is 20.5 Å². The number of likely N-dealkylation sites (tertiary alicyclic amines) is 1. The third kappa shape index (κ3) is 2.18. The number of aromatic nitrogens is 5. The maximum atomic E-state index is 12.5. The van der Waals surface area contributed by atoms with E-state index >= 15 is 0 Å². The number of hydrogen-bond donors (Lipinski definition) is 1. The lowest BCUT2D eigenvalue weighted by atomic mass is 10.3. The number of carbonyl (C=O) groups is 1. The van der Waals surface area contributed by atoms with Crippen molar-refractivity contribution in [2.75, 3.05) is 13.1 Å². The second kappa shape index (κ2) is 5.14. The second-order valence-corrected chi connectivity index (χ2v) is 5.22. The molecule has 1 atom stereocenters. The maximum Gasteiger partial charge on any atom is 0.274 e. The van der Waals surface area contributed by atoms with Crippen molar-refractivity contribution in [3.63, 3.8) is 0 Å². The van der Waals surface area contributed by atoms with Crippen LogP contribution in [0.3, 0.4) is 0 Å². The molecule has 1 aliphatic heterocycles. The van der Waals surface area contributed by atoms with Gasteiger partial charge in [-0.15, -0.1) is 5.10 Å². The molecule has 22 heavy (non-hydrogen) atoms. The molecule has 8 heteroatoms. The average Bonchev–Trinajstić information content (AvgIpc) is 3.35. The van der Waals surface area contributed by atoms with E-state index in [1.807, 2.05) is 12.3 Å². The molecule has 0 aliphatic carbocycles. The van der Waals surface area contributed by atoms with Crippen LogP contribution in [-0.4, -0.2) is 49.1 Å². The molecule has 0 spiro atoms. The molecule has 0 bridgehead atoms. The standard InChI is InChI=1S/C14H14N6O2/c21-14(12-8-11(16-17-12)13-2-1-7-22-13)19-5-3-10(9-19)20-6-4-15-18-20/h1-2,4,6-8,10H,3,5,9H2,(H,16,17). The third-order valence-corrected chi connectivity index (χ3v) is 3.85. The molecule has 112 valence electrons. The second-order valence-electron chi connectivity index (χ2n) is 5.22. The topological polar surface area (TPSA) is 92.8 Å². The molecule has 0 saturated carbocycles. The van der Waals surface area contributed by atoms with Gasteiger partial charge in [-0.1, -0.05) is 5.21 Å². The van der Waals surface area contributed by atoms with E-state index in [1.54, 1.807) is 34.2 Å². The first-order valence-electron chi connectivity index (χ1n) is 7.05. The molecule has 3 aromatic rings. The van der Waals surface area contributed by atoms with Crippen molar-refractivity contribution >= 4 is 5.91 Å². The molecule has 0 aromatic carbocycles. The minimum Gasteiger partial charge on any atom is -0.463 e. The minimum atomic E-state index is -0.0864. The summed E-state index contributed by atoms with van der Waals surface area (Å²) in [6.45, 7) is 1.30. The summed E-state index contributed by atoms with van der Waals surface area (Å²) in [4.78, 5) is 14.3. The van der Waals surface area contributed by atoms with Gasteiger partial charge in [-0.25, -0.2) is 4.68 Å². The van der Waals surface area contributed by atoms with Crippen LogP contribution in [0.2, 0.25) is 0 Å². The van der Waals surface area contributed by atoms with Crippen LogP contribution >= 0.6 is 0 Å². The first-order chi connectivity index (χ1) is 10.8. The fourth-order valence-electron chi connectivity index (χ4n) is 2.71. The van der Waals surface area contributed by atoms with Crippen molar-refractivity contribution in [3.8, 4) is 11.5 Å². The molecule has 1 N–H and O–H groups in total. The summed E-state index contributed by atoms with van der Waals surface area (Å²) in [6, 6.07) is 5.50. The first-order valence-corrected chi connectivity index (χ1v) is 7.05. The lowest BCUT2D eigenvalue weighted by Gasteiger charge is -2.14. The van der Waals surface area contributed by atoms with Crippen molar-refractivity contribution in [1.82, 2.24) is 30.1 Å². The Kier molecular flexibility index (Phi) is 2.99. The zero-order chi connectivity index (χ0) is 14.9. The summed E-state index contributed by atoms with van der Waals surface area (Å²) < 4.78 is 7.09. The summed E-state index contributed by atoms with van der Waals surface area (Å²) in [5.74, 6) is 0.574. The van der Waals surface area contributed by atoms with Gasteiger partial charge in [0.15, 0.2) is 11.5 Å². The van der Waals surface area contributed by atoms with Gasteiger partial charge in [-0.05, 0) is 18.6 Å². The van der Waals surface area contributed by atoms with Crippen LogP contribution < -0.4 is 0 Å². The monoisotopic (exact) mass is 298 g/mol. The van der Waals surface area contributed by atoms with E-state index in [4.69, 9.17) is 4.42 Å². The Morgan fingerprint density at radius 3 is 3.18 bits per heavy atom. The smallest absolute Gasteiger partial charge is 0.274 e. The predicted octanol–water partition coefficient (Wildman–Crippen LogP) is 1.35. The van der Waals surface area contributed by atoms with Gasteiger partial charge in [0.1, 0.15) is 5.69 Å². The van der Waals surface area contributed by atoms with Gasteiger partial charge in [0.2, 0.25) is 0 Å². The Hall–Kier alpha value is -2.90. The third-order valence-electron chi connectivity index (χ3n) is 3.85. The Balaban J connectivity index is 1.49. The van der Waals surface area contributed by atoms with E-state index in [1.165, 1.54) is 0 Å². The van der Waals surface area contributed by atoms with Gasteiger partial charge in [0.05, 0.1) is 18.5 Å². The summed E-state index contributed by atoms with van der Waals surface area (Å²) >= 11 is 0. The number of nitrogens with one attached hydrogen (secondary N) is 1. The number of carbonyl (C=O) groups excluding carboxylic acids is 1. The highest BCUT2D eigenvalue weighted by atomic mass is 16.3. The lowest BCUT2D eigenvalue weighted by Crippen LogP contribution is -2.29. The molecule has 1 fully saturated rings. The van der Waals surface area contributed by atoms with E-state index < -0.39 is 0 Å². The highest BCUT2D eigenvalue weighted by molar-refractivity contribution is 5.93. The highest BCUT2D eigenvalue weighted by Crippen LogP contribution is 2.23. The zero-order valence-electron chi connectivity index (χ0n) is 11.7. The molecular weight excluding hydrogens is 284 g/mol. The SMILES string of the molecule is O=C(c1cc(-c2ccco2)[nH]n1)N1CCC(n2ccnn2)C1. The summed E-state index contributed by atoms with van der Waals surface area (Å²) in [5.41, 5.74) is 1.09. The molecule has 3 aromatic heterocycles. The molecule has 1 unspecified atom stereocenters. The first kappa shape index (κ1) is 12.8. The summed E-state index contributed by atoms with van der Waals surface area (Å²) in [7, 11) is 0. The van der Waals surface area contributed by atoms with Crippen molar-refractivity contribution in [1.29, 1.82) is 0 Å². The largest absolute Gasteiger partial charge is 0.463 e. The van der Waals surface area contributed by atoms with Gasteiger partial charge in [-0.2, -0.15) is 5.10 Å². The van der Waals surface area contributed by atoms with Crippen molar-refractivity contribution in [2.45, 2.75) is 12.5 Å². The zero-order valence-corrected chi connectivity index (χ0v) is 11.7. The Bertz CT molecular complexity index is 761. The lowest BCUT2D eigenvalue weighted by molar-refractivity contribution is 0.0781. The normalized spacial score (nSPS) is 18.0. The van der Waals surface area contributed by atoms with Crippen LogP contribution in [0, 0.1) is 0 Å². The Morgan fingerprint density at radius 1 is 1.45 bits per heavy atom. The Labute approximate surface area is 125 Å². The van der Waals surface area contributed by atoms with E-state index in [0.717, 1.165) is 6.42 Å². The average molecular weight is 298 g/mol. The van der Waals surface area contributed by atoms with Crippen LogP contribution in [0.5, 0.6) is 0 Å². The number of rotatable bonds is 3. The number of nitrogens with zero attached hydrogens (tertiary/aromatic N) is 5. The molecule has 8 nitrogen and oxygen atoms in total. The fraction of sp³-hybridized carbons (Fsp3) is 0.286. The Morgan fingerprint density at radius 2 is 2.41 bits per heavy atom. The van der Waals surface area contributed by atoms with Crippen LogP contribution in [0.1, 0.15) is 23.0 Å². The predicted molar refractivity (Wildman–Crippen MR) is 75.9 cm³/mol. The highest BCUT2D eigenvalue weighted by Gasteiger charge is 2.29. The summed E-state index contributed by atoms with van der Waals surface area (Å²) in [6.07, 6.45) is 5.92. The number of aromatic amines is 1. The van der Waals surface area contributed by atoms with E-state index in [-0.39, 0.29) is 11.9 Å². The molecule has 1 aliphatic rings. The molecule has 1 saturated heterocycles. The van der Waals surface area contributed by atoms with Crippen molar-refractivity contribution < 1.29 is 9.21 Å². The van der Waals surface area contributed by atoms with E-state index in [9.17, 15) is 4.79 Å². The van der Waals surface area contributed by atoms with Crippen LogP contribution in [-0.2, 0) is 0 Å². The van der Waals surface area contributed by atoms with Crippen molar-refractivity contribution in [2.24, 2.45) is 0 Å². The fourth-order valence-corrected chi connectivity index (χ4v) is 2.71. The van der Waals surface area contributed by atoms with Crippen LogP contribution in [0.4, 0.5) is 0 Å². The minimum absolute atomic E-state index is 0.0864. The van der Waals surface area contributed by atoms with Crippen molar-refractivity contribution in [3.05, 3.63) is 42.5 Å². The molecule has 4 rings (SSSR count). The van der Waals surface area contributed by atoms with Gasteiger partial charge in [0, 0.05) is 25.4 Å². The van der Waals surface area contributed by atoms with Gasteiger partial charge in [-0.3, -0.25) is 9.89 Å². The summed E-state index contributed by atoms with van der Waals surface area (Å²) in [5, 5.41) is 14.7. The van der Waals surface area contributed by atoms with Gasteiger partial charge < -0.3 is 9.32 Å². The maximum absolute atomic E-state index is 12.5. The number of H-pyrrole nitrogens is 1. The molecule has 0 radical (unpaired) electrons. The molecule has 1 amide bonds. The quantitative estimate of drug-likeness (QED) is 0.787. The number of amides is 1. The number of hydrogen-bond acceptors (Lipinski definition) is 5. The van der Waals surface area contributed by atoms with Gasteiger partial charge >= 0.3 is 0 Å². The van der Waals surface area contributed by atoms with Crippen LogP contribution in [0.15, 0.2) is 41.3 Å².